The summed E-state index contributed by atoms with van der Waals surface area (Å²) in [6.45, 7) is 5.74. The van der Waals surface area contributed by atoms with Gasteiger partial charge in [0.25, 0.3) is 0 Å². The molecular weight excluding hydrogens is 260 g/mol. The van der Waals surface area contributed by atoms with E-state index in [9.17, 15) is 8.42 Å². The predicted molar refractivity (Wildman–Crippen MR) is 76.3 cm³/mol. The molecule has 1 atom stereocenters. The summed E-state index contributed by atoms with van der Waals surface area (Å²) >= 11 is 0. The van der Waals surface area contributed by atoms with Gasteiger partial charge in [-0.15, -0.1) is 0 Å². The molecule has 0 fully saturated rings. The Morgan fingerprint density at radius 1 is 1.21 bits per heavy atom. The van der Waals surface area contributed by atoms with Gasteiger partial charge in [0.1, 0.15) is 11.9 Å². The van der Waals surface area contributed by atoms with Gasteiger partial charge in [0.2, 0.25) is 0 Å². The van der Waals surface area contributed by atoms with Gasteiger partial charge >= 0.3 is 0 Å². The van der Waals surface area contributed by atoms with Crippen molar-refractivity contribution in [2.45, 2.75) is 45.5 Å². The molecule has 4 heteroatoms. The van der Waals surface area contributed by atoms with E-state index in [4.69, 9.17) is 4.74 Å². The fourth-order valence-electron chi connectivity index (χ4n) is 2.27. The van der Waals surface area contributed by atoms with E-state index in [1.54, 1.807) is 6.92 Å². The lowest BCUT2D eigenvalue weighted by Crippen LogP contribution is -2.09. The number of allylic oxidation sites excluding steroid dienone is 1. The molecule has 1 aliphatic rings. The molecule has 0 bridgehead atoms. The van der Waals surface area contributed by atoms with Crippen LogP contribution in [-0.4, -0.2) is 14.5 Å². The molecule has 1 aliphatic heterocycles. The third-order valence-electron chi connectivity index (χ3n) is 3.46. The summed E-state index contributed by atoms with van der Waals surface area (Å²) in [7, 11) is -3.26. The second-order valence-electron chi connectivity index (χ2n) is 5.08. The Kier molecular flexibility index (Phi) is 3.99. The minimum absolute atomic E-state index is 0.0165. The molecule has 0 saturated carbocycles. The Morgan fingerprint density at radius 2 is 1.84 bits per heavy atom. The number of rotatable bonds is 4. The number of ether oxygens (including phenoxy) is 1. The van der Waals surface area contributed by atoms with Crippen LogP contribution in [0.3, 0.4) is 0 Å². The highest BCUT2D eigenvalue weighted by molar-refractivity contribution is 7.94. The van der Waals surface area contributed by atoms with E-state index >= 15 is 0 Å². The van der Waals surface area contributed by atoms with Gasteiger partial charge < -0.3 is 4.74 Å². The van der Waals surface area contributed by atoms with Crippen molar-refractivity contribution in [3.05, 3.63) is 46.1 Å². The number of aryl methyl sites for hydroxylation is 1. The summed E-state index contributed by atoms with van der Waals surface area (Å²) < 4.78 is 30.4. The van der Waals surface area contributed by atoms with E-state index in [-0.39, 0.29) is 11.9 Å². The van der Waals surface area contributed by atoms with Gasteiger partial charge in [-0.1, -0.05) is 36.8 Å². The molecule has 0 amide bonds. The lowest BCUT2D eigenvalue weighted by Gasteiger charge is -2.07. The molecule has 0 N–H and O–H groups in total. The molecule has 0 spiro atoms. The molecule has 2 rings (SSSR count). The number of hydrogen-bond acceptors (Lipinski definition) is 3. The van der Waals surface area contributed by atoms with Crippen LogP contribution in [-0.2, 0) is 20.3 Å². The maximum absolute atomic E-state index is 12.4. The molecule has 0 radical (unpaired) electrons. The molecule has 0 aromatic heterocycles. The van der Waals surface area contributed by atoms with Gasteiger partial charge in [-0.2, -0.15) is 0 Å². The Bertz CT molecular complexity index is 582. The first kappa shape index (κ1) is 14.1. The van der Waals surface area contributed by atoms with Crippen LogP contribution < -0.4 is 0 Å². The lowest BCUT2D eigenvalue weighted by molar-refractivity contribution is 0.141. The van der Waals surface area contributed by atoms with Crippen LogP contribution >= 0.6 is 0 Å². The summed E-state index contributed by atoms with van der Waals surface area (Å²) in [4.78, 5) is 0.472. The Hall–Kier alpha value is -1.29. The first-order valence-electron chi connectivity index (χ1n) is 6.57. The van der Waals surface area contributed by atoms with Crippen molar-refractivity contribution < 1.29 is 13.2 Å². The van der Waals surface area contributed by atoms with Crippen molar-refractivity contribution in [2.24, 2.45) is 0 Å². The SMILES string of the molecule is CCC1CC(S(=O)(=O)Cc2ccc(C)cc2)=C(C)O1. The monoisotopic (exact) mass is 280 g/mol. The second kappa shape index (κ2) is 5.37. The fourth-order valence-corrected chi connectivity index (χ4v) is 4.00. The first-order valence-corrected chi connectivity index (χ1v) is 8.22. The third kappa shape index (κ3) is 3.18. The van der Waals surface area contributed by atoms with Crippen LogP contribution in [0.25, 0.3) is 0 Å². The van der Waals surface area contributed by atoms with Crippen LogP contribution in [0.5, 0.6) is 0 Å². The van der Waals surface area contributed by atoms with E-state index in [2.05, 4.69) is 0 Å². The molecule has 1 aromatic carbocycles. The van der Waals surface area contributed by atoms with Crippen molar-refractivity contribution in [1.82, 2.24) is 0 Å². The Labute approximate surface area is 115 Å². The maximum atomic E-state index is 12.4. The first-order chi connectivity index (χ1) is 8.92. The van der Waals surface area contributed by atoms with Gasteiger partial charge in [-0.3, -0.25) is 0 Å². The van der Waals surface area contributed by atoms with E-state index in [0.29, 0.717) is 17.1 Å². The summed E-state index contributed by atoms with van der Waals surface area (Å²) in [5, 5.41) is 0. The van der Waals surface area contributed by atoms with E-state index < -0.39 is 9.84 Å². The summed E-state index contributed by atoms with van der Waals surface area (Å²) in [6.07, 6.45) is 1.36. The van der Waals surface area contributed by atoms with Crippen molar-refractivity contribution in [3.63, 3.8) is 0 Å². The van der Waals surface area contributed by atoms with Gasteiger partial charge in [0, 0.05) is 6.42 Å². The zero-order valence-corrected chi connectivity index (χ0v) is 12.5. The van der Waals surface area contributed by atoms with E-state index in [1.807, 2.05) is 38.1 Å². The normalized spacial score (nSPS) is 19.6. The van der Waals surface area contributed by atoms with Gasteiger partial charge in [-0.05, 0) is 25.8 Å². The third-order valence-corrected chi connectivity index (χ3v) is 5.38. The highest BCUT2D eigenvalue weighted by atomic mass is 32.2. The zero-order chi connectivity index (χ0) is 14.0. The zero-order valence-electron chi connectivity index (χ0n) is 11.6. The Balaban J connectivity index is 2.19. The van der Waals surface area contributed by atoms with Gasteiger partial charge in [-0.25, -0.2) is 8.42 Å². The largest absolute Gasteiger partial charge is 0.494 e. The fraction of sp³-hybridized carbons (Fsp3) is 0.467. The maximum Gasteiger partial charge on any atom is 0.182 e. The lowest BCUT2D eigenvalue weighted by atomic mass is 10.2. The number of hydrogen-bond donors (Lipinski definition) is 0. The highest BCUT2D eigenvalue weighted by Gasteiger charge is 2.30. The smallest absolute Gasteiger partial charge is 0.182 e. The van der Waals surface area contributed by atoms with E-state index in [0.717, 1.165) is 17.5 Å². The van der Waals surface area contributed by atoms with Gasteiger partial charge in [0.05, 0.1) is 10.7 Å². The average molecular weight is 280 g/mol. The average Bonchev–Trinajstić information content (AvgIpc) is 2.74. The topological polar surface area (TPSA) is 43.4 Å². The highest BCUT2D eigenvalue weighted by Crippen LogP contribution is 2.32. The van der Waals surface area contributed by atoms with Crippen LogP contribution in [0, 0.1) is 6.92 Å². The molecule has 0 saturated heterocycles. The standard InChI is InChI=1S/C15H20O3S/c1-4-14-9-15(12(3)18-14)19(16,17)10-13-7-5-11(2)6-8-13/h5-8,14H,4,9-10H2,1-3H3. The molecule has 104 valence electrons. The molecule has 3 nitrogen and oxygen atoms in total. The molecule has 1 unspecified atom stereocenters. The summed E-state index contributed by atoms with van der Waals surface area (Å²) in [5.74, 6) is 0.624. The minimum Gasteiger partial charge on any atom is -0.494 e. The van der Waals surface area contributed by atoms with Crippen molar-refractivity contribution in [3.8, 4) is 0 Å². The number of benzene rings is 1. The Morgan fingerprint density at radius 3 is 2.37 bits per heavy atom. The molecule has 1 aromatic rings. The van der Waals surface area contributed by atoms with Gasteiger partial charge in [0.15, 0.2) is 9.84 Å². The predicted octanol–water partition coefficient (Wildman–Crippen LogP) is 3.34. The molecule has 0 aliphatic carbocycles. The second-order valence-corrected chi connectivity index (χ2v) is 7.09. The van der Waals surface area contributed by atoms with Crippen molar-refractivity contribution in [1.29, 1.82) is 0 Å². The molecule has 19 heavy (non-hydrogen) atoms. The summed E-state index contributed by atoms with van der Waals surface area (Å²) in [5.41, 5.74) is 1.96. The van der Waals surface area contributed by atoms with Crippen LogP contribution in [0.4, 0.5) is 0 Å². The van der Waals surface area contributed by atoms with Crippen LogP contribution in [0.1, 0.15) is 37.8 Å². The van der Waals surface area contributed by atoms with Crippen LogP contribution in [0.15, 0.2) is 34.9 Å². The molecule has 1 heterocycles. The quantitative estimate of drug-likeness (QED) is 0.849. The van der Waals surface area contributed by atoms with Crippen molar-refractivity contribution >= 4 is 9.84 Å². The molecular formula is C15H20O3S. The van der Waals surface area contributed by atoms with Crippen LogP contribution in [0.2, 0.25) is 0 Å². The van der Waals surface area contributed by atoms with E-state index in [1.165, 1.54) is 0 Å². The summed E-state index contributed by atoms with van der Waals surface area (Å²) in [6, 6.07) is 7.62. The number of sulfone groups is 1. The van der Waals surface area contributed by atoms with Crippen molar-refractivity contribution in [2.75, 3.05) is 0 Å². The minimum atomic E-state index is -3.26.